The van der Waals surface area contributed by atoms with Crippen LogP contribution in [0.2, 0.25) is 0 Å². The Kier molecular flexibility index (Phi) is 9.81. The first-order valence-electron chi connectivity index (χ1n) is 10.1. The van der Waals surface area contributed by atoms with Gasteiger partial charge in [-0.05, 0) is 63.3 Å². The molecule has 0 heterocycles. The summed E-state index contributed by atoms with van der Waals surface area (Å²) < 4.78 is 6.33. The van der Waals surface area contributed by atoms with E-state index in [9.17, 15) is 14.4 Å². The minimum absolute atomic E-state index is 0.160. The van der Waals surface area contributed by atoms with Crippen LogP contribution in [0.3, 0.4) is 0 Å². The fourth-order valence-corrected chi connectivity index (χ4v) is 2.94. The van der Waals surface area contributed by atoms with Gasteiger partial charge in [0.25, 0.3) is 0 Å². The van der Waals surface area contributed by atoms with Crippen molar-refractivity contribution in [2.24, 2.45) is 11.8 Å². The third-order valence-electron chi connectivity index (χ3n) is 4.06. The quantitative estimate of drug-likeness (QED) is 0.475. The molecule has 0 radical (unpaired) electrons. The van der Waals surface area contributed by atoms with E-state index in [2.05, 4.69) is 31.9 Å². The maximum absolute atomic E-state index is 12.9. The van der Waals surface area contributed by atoms with Crippen LogP contribution >= 0.6 is 15.9 Å². The lowest BCUT2D eigenvalue weighted by Crippen LogP contribution is -2.55. The smallest absolute Gasteiger partial charge is 0.329 e. The van der Waals surface area contributed by atoms with Crippen molar-refractivity contribution in [3.05, 3.63) is 28.7 Å². The highest BCUT2D eigenvalue weighted by atomic mass is 79.9. The van der Waals surface area contributed by atoms with E-state index >= 15 is 0 Å². The van der Waals surface area contributed by atoms with Gasteiger partial charge in [-0.1, -0.05) is 43.6 Å². The van der Waals surface area contributed by atoms with Crippen molar-refractivity contribution in [1.82, 2.24) is 10.6 Å². The van der Waals surface area contributed by atoms with E-state index in [0.29, 0.717) is 12.1 Å². The van der Waals surface area contributed by atoms with E-state index in [4.69, 9.17) is 4.74 Å². The third-order valence-corrected chi connectivity index (χ3v) is 4.58. The van der Waals surface area contributed by atoms with Gasteiger partial charge in [0.15, 0.2) is 0 Å². The molecule has 7 nitrogen and oxygen atoms in total. The third kappa shape index (κ3) is 9.61. The van der Waals surface area contributed by atoms with Crippen molar-refractivity contribution >= 4 is 39.5 Å². The number of hydrogen-bond acceptors (Lipinski definition) is 4. The van der Waals surface area contributed by atoms with Gasteiger partial charge in [-0.25, -0.2) is 9.59 Å². The lowest BCUT2D eigenvalue weighted by molar-refractivity contribution is -0.160. The number of amides is 3. The van der Waals surface area contributed by atoms with Crippen molar-refractivity contribution in [3.8, 4) is 0 Å². The number of benzene rings is 1. The largest absolute Gasteiger partial charge is 0.458 e. The summed E-state index contributed by atoms with van der Waals surface area (Å²) in [5.41, 5.74) is -0.0528. The highest BCUT2D eigenvalue weighted by Gasteiger charge is 2.32. The van der Waals surface area contributed by atoms with Crippen molar-refractivity contribution in [3.63, 3.8) is 0 Å². The molecule has 1 aromatic carbocycles. The second kappa shape index (κ2) is 11.3. The maximum atomic E-state index is 12.9. The summed E-state index contributed by atoms with van der Waals surface area (Å²) in [5.74, 6) is -0.916. The van der Waals surface area contributed by atoms with Crippen LogP contribution < -0.4 is 16.0 Å². The first-order chi connectivity index (χ1) is 13.8. The molecule has 0 aliphatic rings. The number of carbonyl (C=O) groups is 3. The summed E-state index contributed by atoms with van der Waals surface area (Å²) in [7, 11) is 0. The van der Waals surface area contributed by atoms with Crippen LogP contribution in [0.25, 0.3) is 0 Å². The normalized spacial score (nSPS) is 13.5. The highest BCUT2D eigenvalue weighted by Crippen LogP contribution is 2.15. The van der Waals surface area contributed by atoms with Crippen molar-refractivity contribution < 1.29 is 19.1 Å². The molecule has 0 aromatic heterocycles. The van der Waals surface area contributed by atoms with Gasteiger partial charge in [0, 0.05) is 10.2 Å². The average Bonchev–Trinajstić information content (AvgIpc) is 2.58. The topological polar surface area (TPSA) is 96.5 Å². The Morgan fingerprint density at radius 2 is 1.57 bits per heavy atom. The van der Waals surface area contributed by atoms with Crippen molar-refractivity contribution in [2.45, 2.75) is 72.6 Å². The van der Waals surface area contributed by atoms with E-state index in [1.54, 1.807) is 32.9 Å². The van der Waals surface area contributed by atoms with Gasteiger partial charge in [0.1, 0.15) is 17.7 Å². The van der Waals surface area contributed by atoms with Gasteiger partial charge >= 0.3 is 12.0 Å². The summed E-state index contributed by atoms with van der Waals surface area (Å²) in [6, 6.07) is 5.03. The van der Waals surface area contributed by atoms with E-state index in [0.717, 1.165) is 4.47 Å². The first-order valence-corrected chi connectivity index (χ1v) is 10.9. The Morgan fingerprint density at radius 1 is 1.00 bits per heavy atom. The van der Waals surface area contributed by atoms with Crippen LogP contribution in [0.1, 0.15) is 54.9 Å². The monoisotopic (exact) mass is 483 g/mol. The second-order valence-corrected chi connectivity index (χ2v) is 9.97. The molecule has 2 atom stereocenters. The minimum atomic E-state index is -0.803. The molecular formula is C22H34BrN3O4. The van der Waals surface area contributed by atoms with Crippen molar-refractivity contribution in [1.29, 1.82) is 0 Å². The second-order valence-electron chi connectivity index (χ2n) is 9.05. The van der Waals surface area contributed by atoms with Crippen LogP contribution in [0.5, 0.6) is 0 Å². The number of ether oxygens (including phenoxy) is 1. The van der Waals surface area contributed by atoms with E-state index in [-0.39, 0.29) is 11.8 Å². The lowest BCUT2D eigenvalue weighted by Gasteiger charge is -2.28. The highest BCUT2D eigenvalue weighted by molar-refractivity contribution is 9.10. The first kappa shape index (κ1) is 25.9. The predicted molar refractivity (Wildman–Crippen MR) is 122 cm³/mol. The molecule has 0 fully saturated rings. The molecule has 1 aromatic rings. The Labute approximate surface area is 187 Å². The number of urea groups is 1. The van der Waals surface area contributed by atoms with Crippen LogP contribution in [0, 0.1) is 11.8 Å². The standard InChI is InChI=1S/C22H34BrN3O4/c1-13(2)12-17(25-21(29)24-16-10-8-15(23)9-11-16)19(27)26-18(14(3)4)20(28)30-22(5,6)7/h8-11,13-14,17-18H,12H2,1-7H3,(H,26,27)(H2,24,25,29). The molecule has 0 spiro atoms. The zero-order valence-electron chi connectivity index (χ0n) is 18.8. The van der Waals surface area contributed by atoms with Gasteiger partial charge in [-0.2, -0.15) is 0 Å². The number of esters is 1. The molecule has 8 heteroatoms. The number of nitrogens with one attached hydrogen (secondary N) is 3. The zero-order valence-corrected chi connectivity index (χ0v) is 20.4. The van der Waals surface area contributed by atoms with E-state index in [1.165, 1.54) is 0 Å². The van der Waals surface area contributed by atoms with E-state index < -0.39 is 35.6 Å². The van der Waals surface area contributed by atoms with Crippen molar-refractivity contribution in [2.75, 3.05) is 5.32 Å². The predicted octanol–water partition coefficient (Wildman–Crippen LogP) is 4.47. The molecule has 0 aliphatic heterocycles. The van der Waals surface area contributed by atoms with Crippen LogP contribution in [0.4, 0.5) is 10.5 Å². The van der Waals surface area contributed by atoms with Gasteiger partial charge in [0.05, 0.1) is 0 Å². The molecule has 0 saturated carbocycles. The molecule has 30 heavy (non-hydrogen) atoms. The van der Waals surface area contributed by atoms with Crippen LogP contribution in [-0.2, 0) is 14.3 Å². The number of hydrogen-bond donors (Lipinski definition) is 3. The Morgan fingerprint density at radius 3 is 2.03 bits per heavy atom. The maximum Gasteiger partial charge on any atom is 0.329 e. The molecular weight excluding hydrogens is 450 g/mol. The summed E-state index contributed by atoms with van der Waals surface area (Å²) in [4.78, 5) is 37.9. The van der Waals surface area contributed by atoms with Gasteiger partial charge in [-0.3, -0.25) is 4.79 Å². The Hall–Kier alpha value is -2.09. The molecule has 0 saturated heterocycles. The Balaban J connectivity index is 2.86. The molecule has 3 amide bonds. The summed E-state index contributed by atoms with van der Waals surface area (Å²) in [6.07, 6.45) is 0.429. The molecule has 168 valence electrons. The Bertz CT molecular complexity index is 727. The summed E-state index contributed by atoms with van der Waals surface area (Å²) in [6.45, 7) is 12.9. The molecule has 2 unspecified atom stereocenters. The molecule has 0 bridgehead atoms. The minimum Gasteiger partial charge on any atom is -0.458 e. The van der Waals surface area contributed by atoms with Gasteiger partial charge < -0.3 is 20.7 Å². The molecule has 3 N–H and O–H groups in total. The number of carbonyl (C=O) groups excluding carboxylic acids is 3. The average molecular weight is 484 g/mol. The fourth-order valence-electron chi connectivity index (χ4n) is 2.68. The zero-order chi connectivity index (χ0) is 23.1. The molecule has 0 aliphatic carbocycles. The fraction of sp³-hybridized carbons (Fsp3) is 0.591. The SMILES string of the molecule is CC(C)CC(NC(=O)Nc1ccc(Br)cc1)C(=O)NC(C(=O)OC(C)(C)C)C(C)C. The van der Waals surface area contributed by atoms with E-state index in [1.807, 2.05) is 39.8 Å². The number of rotatable bonds is 8. The van der Waals surface area contributed by atoms with Crippen LogP contribution in [0.15, 0.2) is 28.7 Å². The summed E-state index contributed by atoms with van der Waals surface area (Å²) >= 11 is 3.34. The van der Waals surface area contributed by atoms with Crippen LogP contribution in [-0.4, -0.2) is 35.6 Å². The van der Waals surface area contributed by atoms with Gasteiger partial charge in [-0.15, -0.1) is 0 Å². The number of anilines is 1. The lowest BCUT2D eigenvalue weighted by atomic mass is 10.0. The summed E-state index contributed by atoms with van der Waals surface area (Å²) in [5, 5.41) is 8.19. The number of halogens is 1. The molecule has 1 rings (SSSR count). The van der Waals surface area contributed by atoms with Gasteiger partial charge in [0.2, 0.25) is 5.91 Å².